The minimum atomic E-state index is -2.83. The highest BCUT2D eigenvalue weighted by Gasteiger charge is 2.86. The van der Waals surface area contributed by atoms with Gasteiger partial charge >= 0.3 is 33.7 Å². The van der Waals surface area contributed by atoms with E-state index in [4.69, 9.17) is 4.42 Å². The number of fused-ring (bicyclic) bond motifs is 1. The van der Waals surface area contributed by atoms with Gasteiger partial charge in [-0.3, -0.25) is 4.79 Å². The Morgan fingerprint density at radius 2 is 1.03 bits per heavy atom. The minimum Gasteiger partial charge on any atom is -0.423 e. The van der Waals surface area contributed by atoms with Gasteiger partial charge in [-0.1, -0.05) is 86.5 Å². The van der Waals surface area contributed by atoms with E-state index < -0.39 is 45.9 Å². The second kappa shape index (κ2) is 11.4. The highest BCUT2D eigenvalue weighted by Crippen LogP contribution is 2.67. The zero-order valence-corrected chi connectivity index (χ0v) is 23.2. The summed E-state index contributed by atoms with van der Waals surface area (Å²) in [6.07, 6.45) is -0.553. The maximum Gasteiger partial charge on any atom is 0.587 e. The lowest BCUT2D eigenvalue weighted by Crippen LogP contribution is -2.37. The molecule has 0 aliphatic carbocycles. The smallest absolute Gasteiger partial charge is 0.423 e. The zero-order chi connectivity index (χ0) is 27.4. The summed E-state index contributed by atoms with van der Waals surface area (Å²) in [7, 11) is -8.49. The van der Waals surface area contributed by atoms with Crippen LogP contribution in [-0.4, -0.2) is 10.4 Å². The average Bonchev–Trinajstić information content (AvgIpc) is 2.99. The highest BCUT2D eigenvalue weighted by atomic mass is 31.2. The summed E-state index contributed by atoms with van der Waals surface area (Å²) in [5, 5.41) is 1.32. The quantitative estimate of drug-likeness (QED) is 0.159. The first-order valence-corrected chi connectivity index (χ1v) is 15.8. The molecule has 1 aromatic heterocycles. The molecule has 0 aliphatic rings. The Bertz CT molecular complexity index is 1640. The SMILES string of the molecule is O=C(Cc1cc2ccccc2oc1=O)C([P+](=O)c1ccccc1)([P+](=O)c1ccccc1)[P+](=O)c1ccccc1. The standard InChI is InChI=1S/C30H22O6P3/c31-28(21-23-20-22-12-10-11-19-27(22)36-29(23)32)30(37(33)24-13-4-1-5-14-24,38(34)25-15-6-2-7-16-25)39(35)26-17-8-3-9-18-26/h1-20H,21H2/q+3. The van der Waals surface area contributed by atoms with Crippen LogP contribution in [0.5, 0.6) is 0 Å². The van der Waals surface area contributed by atoms with Gasteiger partial charge in [-0.15, -0.1) is 0 Å². The maximum absolute atomic E-state index is 14.5. The topological polar surface area (TPSA) is 98.5 Å². The van der Waals surface area contributed by atoms with E-state index >= 15 is 0 Å². The first-order valence-electron chi connectivity index (χ1n) is 12.0. The average molecular weight is 571 g/mol. The molecule has 39 heavy (non-hydrogen) atoms. The van der Waals surface area contributed by atoms with Gasteiger partial charge in [0, 0.05) is 10.9 Å². The number of hydrogen-bond donors (Lipinski definition) is 0. The van der Waals surface area contributed by atoms with Gasteiger partial charge in [0.05, 0.1) is 6.42 Å². The van der Waals surface area contributed by atoms with Gasteiger partial charge in [-0.2, -0.15) is 0 Å². The van der Waals surface area contributed by atoms with E-state index in [-0.39, 0.29) is 21.5 Å². The molecule has 190 valence electrons. The Labute approximate surface area is 227 Å². The van der Waals surface area contributed by atoms with E-state index in [2.05, 4.69) is 0 Å². The van der Waals surface area contributed by atoms with Crippen LogP contribution in [0.25, 0.3) is 11.0 Å². The van der Waals surface area contributed by atoms with Gasteiger partial charge in [0.15, 0.2) is 0 Å². The number of para-hydroxylation sites is 1. The maximum atomic E-state index is 14.5. The minimum absolute atomic E-state index is 0.00691. The monoisotopic (exact) mass is 571 g/mol. The lowest BCUT2D eigenvalue weighted by atomic mass is 10.1. The highest BCUT2D eigenvalue weighted by molar-refractivity contribution is 7.90. The Hall–Kier alpha value is -3.94. The molecule has 5 aromatic rings. The van der Waals surface area contributed by atoms with E-state index in [1.165, 1.54) is 6.07 Å². The molecule has 0 radical (unpaired) electrons. The van der Waals surface area contributed by atoms with Crippen molar-refractivity contribution in [3.63, 3.8) is 0 Å². The van der Waals surface area contributed by atoms with E-state index in [1.807, 2.05) is 0 Å². The van der Waals surface area contributed by atoms with Crippen LogP contribution in [0.4, 0.5) is 0 Å². The van der Waals surface area contributed by atoms with Crippen molar-refractivity contribution in [2.45, 2.75) is 11.1 Å². The molecule has 0 saturated carbocycles. The molecule has 0 bridgehead atoms. The normalized spacial score (nSPS) is 13.8. The number of rotatable bonds is 9. The van der Waals surface area contributed by atoms with Gasteiger partial charge in [0.1, 0.15) is 5.58 Å². The second-order valence-electron chi connectivity index (χ2n) is 8.72. The van der Waals surface area contributed by atoms with E-state index in [9.17, 15) is 23.3 Å². The van der Waals surface area contributed by atoms with E-state index in [0.29, 0.717) is 11.0 Å². The van der Waals surface area contributed by atoms with Crippen LogP contribution >= 0.6 is 23.4 Å². The number of benzene rings is 4. The van der Waals surface area contributed by atoms with E-state index in [0.717, 1.165) is 0 Å². The van der Waals surface area contributed by atoms with Crippen LogP contribution < -0.4 is 21.5 Å². The molecule has 3 unspecified atom stereocenters. The molecule has 0 saturated heterocycles. The van der Waals surface area contributed by atoms with Crippen molar-refractivity contribution >= 4 is 56.1 Å². The van der Waals surface area contributed by atoms with Crippen molar-refractivity contribution in [2.75, 3.05) is 0 Å². The van der Waals surface area contributed by atoms with Crippen LogP contribution in [0.3, 0.4) is 0 Å². The van der Waals surface area contributed by atoms with Crippen LogP contribution in [-0.2, 0) is 24.9 Å². The Balaban J connectivity index is 1.75. The lowest BCUT2D eigenvalue weighted by molar-refractivity contribution is -0.117. The molecular formula is C30H22O6P3+3. The summed E-state index contributed by atoms with van der Waals surface area (Å²) in [4.78, 5) is 27.3. The predicted molar refractivity (Wildman–Crippen MR) is 155 cm³/mol. The van der Waals surface area contributed by atoms with Crippen molar-refractivity contribution < 1.29 is 22.9 Å². The third-order valence-electron chi connectivity index (χ3n) is 6.26. The largest absolute Gasteiger partial charge is 0.587 e. The van der Waals surface area contributed by atoms with E-state index in [1.54, 1.807) is 115 Å². The fourth-order valence-corrected chi connectivity index (χ4v) is 11.7. The summed E-state index contributed by atoms with van der Waals surface area (Å²) in [5.74, 6) is -0.815. The lowest BCUT2D eigenvalue weighted by Gasteiger charge is -2.07. The van der Waals surface area contributed by atoms with Gasteiger partial charge in [-0.05, 0) is 48.5 Å². The number of hydrogen-bond acceptors (Lipinski definition) is 6. The summed E-state index contributed by atoms with van der Waals surface area (Å²) in [6.45, 7) is 0. The number of Topliss-reactive ketones (excluding diaryl/α,β-unsaturated/α-hetero) is 1. The third kappa shape index (κ3) is 5.07. The summed E-state index contributed by atoms with van der Waals surface area (Å²) >= 11 is 0. The number of carbonyl (C=O) groups is 1. The predicted octanol–water partition coefficient (Wildman–Crippen LogP) is 6.02. The Morgan fingerprint density at radius 3 is 1.49 bits per heavy atom. The summed E-state index contributed by atoms with van der Waals surface area (Å²) < 4.78 is 46.5. The van der Waals surface area contributed by atoms with Crippen molar-refractivity contribution in [3.05, 3.63) is 137 Å². The third-order valence-corrected chi connectivity index (χ3v) is 14.3. The van der Waals surface area contributed by atoms with Gasteiger partial charge in [-0.25, -0.2) is 4.79 Å². The zero-order valence-electron chi connectivity index (χ0n) is 20.5. The van der Waals surface area contributed by atoms with Crippen LogP contribution in [0.15, 0.2) is 131 Å². The van der Waals surface area contributed by atoms with Crippen molar-refractivity contribution in [1.82, 2.24) is 0 Å². The summed E-state index contributed by atoms with van der Waals surface area (Å²) in [6, 6.07) is 32.9. The summed E-state index contributed by atoms with van der Waals surface area (Å²) in [5.41, 5.74) is -0.380. The molecule has 0 amide bonds. The molecule has 0 spiro atoms. The van der Waals surface area contributed by atoms with Crippen LogP contribution in [0.1, 0.15) is 5.56 Å². The van der Waals surface area contributed by atoms with Gasteiger partial charge in [0.25, 0.3) is 5.78 Å². The van der Waals surface area contributed by atoms with Gasteiger partial charge in [0.2, 0.25) is 15.9 Å². The van der Waals surface area contributed by atoms with Crippen LogP contribution in [0.2, 0.25) is 0 Å². The molecule has 4 aromatic carbocycles. The van der Waals surface area contributed by atoms with Crippen molar-refractivity contribution in [1.29, 1.82) is 0 Å². The first kappa shape index (κ1) is 26.7. The molecule has 3 atom stereocenters. The first-order chi connectivity index (χ1) is 18.9. The fraction of sp³-hybridized carbons (Fsp3) is 0.0667. The molecule has 0 aliphatic heterocycles. The molecule has 0 N–H and O–H groups in total. The Kier molecular flexibility index (Phi) is 7.82. The van der Waals surface area contributed by atoms with Crippen molar-refractivity contribution in [2.24, 2.45) is 0 Å². The van der Waals surface area contributed by atoms with Crippen molar-refractivity contribution in [3.8, 4) is 0 Å². The molecule has 9 heteroatoms. The molecular weight excluding hydrogens is 549 g/mol. The molecule has 6 nitrogen and oxygen atoms in total. The Morgan fingerprint density at radius 1 is 0.615 bits per heavy atom. The van der Waals surface area contributed by atoms with Crippen LogP contribution in [0, 0.1) is 0 Å². The second-order valence-corrected chi connectivity index (χ2v) is 15.1. The van der Waals surface area contributed by atoms with Gasteiger partial charge < -0.3 is 4.42 Å². The molecule has 0 fully saturated rings. The number of carbonyl (C=O) groups excluding carboxylic acids is 1. The molecule has 5 rings (SSSR count). The fourth-order valence-electron chi connectivity index (χ4n) is 4.34. The molecule has 1 heterocycles. The number of ketones is 1.